The van der Waals surface area contributed by atoms with Crippen molar-refractivity contribution in [3.63, 3.8) is 0 Å². The number of carbonyl (C=O) groups excluding carboxylic acids is 1. The normalized spacial score (nSPS) is 13.8. The van der Waals surface area contributed by atoms with Crippen LogP contribution in [0.5, 0.6) is 11.5 Å². The molecule has 0 unspecified atom stereocenters. The van der Waals surface area contributed by atoms with Crippen molar-refractivity contribution in [3.8, 4) is 11.5 Å². The van der Waals surface area contributed by atoms with Gasteiger partial charge < -0.3 is 25.4 Å². The standard InChI is InChI=1S/C24H32ClN3O3/c1-4-30-23-20(25)14-19(28-9-6-5-7-10-28)15-21(23)27-24(29)18-12-16(2)22(17(3)13-18)31-11-8-26/h12-15H,4-11,26H2,1-3H3,(H,27,29)/p+1. The van der Waals surface area contributed by atoms with Gasteiger partial charge in [-0.3, -0.25) is 4.79 Å². The monoisotopic (exact) mass is 446 g/mol. The Hall–Kier alpha value is -2.44. The molecule has 2 aromatic rings. The van der Waals surface area contributed by atoms with Crippen LogP contribution < -0.4 is 25.4 Å². The van der Waals surface area contributed by atoms with Gasteiger partial charge in [0, 0.05) is 24.3 Å². The van der Waals surface area contributed by atoms with E-state index in [0.29, 0.717) is 41.8 Å². The molecule has 1 aliphatic heterocycles. The van der Waals surface area contributed by atoms with E-state index in [0.717, 1.165) is 48.5 Å². The molecule has 168 valence electrons. The van der Waals surface area contributed by atoms with Gasteiger partial charge in [0.25, 0.3) is 5.91 Å². The van der Waals surface area contributed by atoms with E-state index in [9.17, 15) is 4.79 Å². The third-order valence-corrected chi connectivity index (χ3v) is 5.68. The lowest BCUT2D eigenvalue weighted by atomic mass is 10.0. The molecule has 31 heavy (non-hydrogen) atoms. The highest BCUT2D eigenvalue weighted by Gasteiger charge is 2.19. The summed E-state index contributed by atoms with van der Waals surface area (Å²) < 4.78 is 11.5. The Labute approximate surface area is 189 Å². The predicted molar refractivity (Wildman–Crippen MR) is 126 cm³/mol. The fraction of sp³-hybridized carbons (Fsp3) is 0.458. The maximum Gasteiger partial charge on any atom is 0.255 e. The van der Waals surface area contributed by atoms with E-state index in [4.69, 9.17) is 21.1 Å². The summed E-state index contributed by atoms with van der Waals surface area (Å²) in [6.07, 6.45) is 3.57. The summed E-state index contributed by atoms with van der Waals surface area (Å²) >= 11 is 6.56. The molecule has 0 atom stereocenters. The minimum Gasteiger partial charge on any atom is -0.490 e. The van der Waals surface area contributed by atoms with Gasteiger partial charge in [-0.25, -0.2) is 0 Å². The summed E-state index contributed by atoms with van der Waals surface area (Å²) in [6, 6.07) is 7.58. The second kappa shape index (κ2) is 10.7. The number of quaternary nitrogens is 1. The average molecular weight is 447 g/mol. The number of nitrogens with zero attached hydrogens (tertiary/aromatic N) is 1. The molecule has 1 heterocycles. The number of rotatable bonds is 8. The van der Waals surface area contributed by atoms with Crippen molar-refractivity contribution in [3.05, 3.63) is 46.0 Å². The number of hydrogen-bond acceptors (Lipinski definition) is 4. The first kappa shape index (κ1) is 23.2. The van der Waals surface area contributed by atoms with Crippen LogP contribution in [-0.2, 0) is 0 Å². The Morgan fingerprint density at radius 1 is 1.06 bits per heavy atom. The zero-order valence-electron chi connectivity index (χ0n) is 18.7. The maximum atomic E-state index is 13.1. The SMILES string of the molecule is CCOc1c(Cl)cc(N2CCCCC2)cc1NC(=O)c1cc(C)c(OCC[NH3+])c(C)c1. The summed E-state index contributed by atoms with van der Waals surface area (Å²) in [5, 5.41) is 3.53. The highest BCUT2D eigenvalue weighted by Crippen LogP contribution is 2.39. The number of ether oxygens (including phenoxy) is 2. The second-order valence-electron chi connectivity index (χ2n) is 7.88. The van der Waals surface area contributed by atoms with E-state index < -0.39 is 0 Å². The number of benzene rings is 2. The number of nitrogens with one attached hydrogen (secondary N) is 1. The molecule has 3 rings (SSSR count). The molecule has 0 radical (unpaired) electrons. The van der Waals surface area contributed by atoms with Crippen LogP contribution in [0.15, 0.2) is 24.3 Å². The number of hydrogen-bond donors (Lipinski definition) is 2. The first-order valence-electron chi connectivity index (χ1n) is 11.0. The maximum absolute atomic E-state index is 13.1. The number of carbonyl (C=O) groups is 1. The van der Waals surface area contributed by atoms with E-state index in [2.05, 4.69) is 16.0 Å². The Balaban J connectivity index is 1.89. The van der Waals surface area contributed by atoms with Gasteiger partial charge in [0.1, 0.15) is 18.9 Å². The molecule has 0 spiro atoms. The molecule has 6 nitrogen and oxygen atoms in total. The Kier molecular flexibility index (Phi) is 8.04. The van der Waals surface area contributed by atoms with Gasteiger partial charge >= 0.3 is 0 Å². The molecule has 7 heteroatoms. The zero-order chi connectivity index (χ0) is 22.4. The third-order valence-electron chi connectivity index (χ3n) is 5.40. The van der Waals surface area contributed by atoms with Gasteiger partial charge in [-0.05, 0) is 75.4 Å². The predicted octanol–water partition coefficient (Wildman–Crippen LogP) is 4.22. The number of aryl methyl sites for hydroxylation is 2. The second-order valence-corrected chi connectivity index (χ2v) is 8.29. The quantitative estimate of drug-likeness (QED) is 0.636. The van der Waals surface area contributed by atoms with Crippen molar-refractivity contribution in [1.29, 1.82) is 0 Å². The third kappa shape index (κ3) is 5.63. The summed E-state index contributed by atoms with van der Waals surface area (Å²) in [6.45, 7) is 9.47. The molecule has 0 bridgehead atoms. The van der Waals surface area contributed by atoms with Crippen molar-refractivity contribution in [2.24, 2.45) is 0 Å². The minimum atomic E-state index is -0.206. The fourth-order valence-electron chi connectivity index (χ4n) is 3.98. The van der Waals surface area contributed by atoms with Crippen molar-refractivity contribution in [2.75, 3.05) is 43.1 Å². The van der Waals surface area contributed by atoms with Gasteiger partial charge in [-0.15, -0.1) is 0 Å². The molecule has 4 N–H and O–H groups in total. The Morgan fingerprint density at radius 2 is 1.74 bits per heavy atom. The van der Waals surface area contributed by atoms with Gasteiger partial charge in [0.2, 0.25) is 0 Å². The van der Waals surface area contributed by atoms with Crippen molar-refractivity contribution >= 4 is 28.9 Å². The average Bonchev–Trinajstić information content (AvgIpc) is 2.76. The van der Waals surface area contributed by atoms with Crippen LogP contribution in [0, 0.1) is 13.8 Å². The molecule has 1 aliphatic rings. The van der Waals surface area contributed by atoms with Crippen molar-refractivity contribution in [1.82, 2.24) is 0 Å². The molecule has 0 aromatic heterocycles. The van der Waals surface area contributed by atoms with E-state index in [-0.39, 0.29) is 5.91 Å². The van der Waals surface area contributed by atoms with Crippen LogP contribution in [0.3, 0.4) is 0 Å². The zero-order valence-corrected chi connectivity index (χ0v) is 19.5. The van der Waals surface area contributed by atoms with Crippen molar-refractivity contribution < 1.29 is 20.0 Å². The lowest BCUT2D eigenvalue weighted by Gasteiger charge is -2.30. The first-order chi connectivity index (χ1) is 14.9. The molecule has 1 saturated heterocycles. The molecule has 1 fully saturated rings. The van der Waals surface area contributed by atoms with Gasteiger partial charge in [-0.1, -0.05) is 11.6 Å². The number of anilines is 2. The van der Waals surface area contributed by atoms with Crippen LogP contribution in [0.2, 0.25) is 5.02 Å². The molecule has 0 aliphatic carbocycles. The van der Waals surface area contributed by atoms with E-state index in [1.165, 1.54) is 6.42 Å². The highest BCUT2D eigenvalue weighted by atomic mass is 35.5. The number of halogens is 1. The first-order valence-corrected chi connectivity index (χ1v) is 11.4. The van der Waals surface area contributed by atoms with Crippen molar-refractivity contribution in [2.45, 2.75) is 40.0 Å². The summed E-state index contributed by atoms with van der Waals surface area (Å²) in [7, 11) is 0. The van der Waals surface area contributed by atoms with Crippen LogP contribution in [-0.4, -0.2) is 38.8 Å². The van der Waals surface area contributed by atoms with E-state index in [1.807, 2.05) is 45.0 Å². The van der Waals surface area contributed by atoms with Crippen LogP contribution in [0.1, 0.15) is 47.7 Å². The summed E-state index contributed by atoms with van der Waals surface area (Å²) in [4.78, 5) is 15.4. The van der Waals surface area contributed by atoms with Gasteiger partial charge in [0.15, 0.2) is 5.75 Å². The number of amides is 1. The lowest BCUT2D eigenvalue weighted by molar-refractivity contribution is -0.370. The molecule has 2 aromatic carbocycles. The minimum absolute atomic E-state index is 0.206. The van der Waals surface area contributed by atoms with Crippen LogP contribution in [0.4, 0.5) is 11.4 Å². The summed E-state index contributed by atoms with van der Waals surface area (Å²) in [5.74, 6) is 1.11. The van der Waals surface area contributed by atoms with E-state index >= 15 is 0 Å². The smallest absolute Gasteiger partial charge is 0.255 e. The van der Waals surface area contributed by atoms with Crippen LogP contribution >= 0.6 is 11.6 Å². The molecule has 1 amide bonds. The summed E-state index contributed by atoms with van der Waals surface area (Å²) in [5.41, 5.74) is 7.81. The molecular formula is C24H33ClN3O3+. The van der Waals surface area contributed by atoms with Gasteiger partial charge in [0.05, 0.1) is 17.3 Å². The largest absolute Gasteiger partial charge is 0.490 e. The Morgan fingerprint density at radius 3 is 2.35 bits per heavy atom. The van der Waals surface area contributed by atoms with Gasteiger partial charge in [-0.2, -0.15) is 0 Å². The highest BCUT2D eigenvalue weighted by molar-refractivity contribution is 6.33. The topological polar surface area (TPSA) is 78.4 Å². The molecule has 0 saturated carbocycles. The van der Waals surface area contributed by atoms with E-state index in [1.54, 1.807) is 0 Å². The Bertz CT molecular complexity index is 904. The van der Waals surface area contributed by atoms with Crippen LogP contribution in [0.25, 0.3) is 0 Å². The lowest BCUT2D eigenvalue weighted by Crippen LogP contribution is -2.52. The molecular weight excluding hydrogens is 414 g/mol. The number of piperidine rings is 1. The fourth-order valence-corrected chi connectivity index (χ4v) is 4.24.